The fourth-order valence-corrected chi connectivity index (χ4v) is 4.40. The van der Waals surface area contributed by atoms with Gasteiger partial charge in [0.2, 0.25) is 0 Å². The molecule has 5 rings (SSSR count). The van der Waals surface area contributed by atoms with E-state index in [0.717, 1.165) is 12.0 Å². The second-order valence-corrected chi connectivity index (χ2v) is 8.62. The number of aliphatic hydroxyl groups excluding tert-OH is 1. The second kappa shape index (κ2) is 10.6. The Morgan fingerprint density at radius 3 is 2.87 bits per heavy atom. The topological polar surface area (TPSA) is 124 Å². The van der Waals surface area contributed by atoms with Crippen LogP contribution in [0.1, 0.15) is 22.5 Å². The summed E-state index contributed by atoms with van der Waals surface area (Å²) in [4.78, 5) is 27.9. The highest BCUT2D eigenvalue weighted by Crippen LogP contribution is 2.37. The van der Waals surface area contributed by atoms with Crippen molar-refractivity contribution in [2.24, 2.45) is 0 Å². The van der Waals surface area contributed by atoms with Crippen molar-refractivity contribution in [2.75, 3.05) is 30.5 Å². The zero-order chi connectivity index (χ0) is 26.6. The summed E-state index contributed by atoms with van der Waals surface area (Å²) in [5.74, 6) is -0.815. The zero-order valence-electron chi connectivity index (χ0n) is 20.4. The second-order valence-electron chi connectivity index (χ2n) is 8.62. The number of hydrogen-bond acceptors (Lipinski definition) is 8. The number of rotatable bonds is 7. The molecule has 0 bridgehead atoms. The van der Waals surface area contributed by atoms with Crippen molar-refractivity contribution in [3.8, 4) is 34.3 Å². The van der Waals surface area contributed by atoms with Gasteiger partial charge in [0.25, 0.3) is 5.91 Å². The Morgan fingerprint density at radius 2 is 2.13 bits per heavy atom. The first kappa shape index (κ1) is 24.8. The minimum absolute atomic E-state index is 0.0202. The molecule has 2 aromatic heterocycles. The predicted molar refractivity (Wildman–Crippen MR) is 139 cm³/mol. The van der Waals surface area contributed by atoms with E-state index in [4.69, 9.17) is 4.74 Å². The van der Waals surface area contributed by atoms with Gasteiger partial charge in [-0.1, -0.05) is 12.1 Å². The molecule has 1 amide bonds. The van der Waals surface area contributed by atoms with Gasteiger partial charge in [-0.3, -0.25) is 9.78 Å². The van der Waals surface area contributed by atoms with E-state index in [1.165, 1.54) is 31.5 Å². The minimum Gasteiger partial charge on any atom is -0.496 e. The highest BCUT2D eigenvalue weighted by atomic mass is 19.1. The Hall–Kier alpha value is -4.88. The maximum Gasteiger partial charge on any atom is 0.274 e. The number of carbonyl (C=O) groups excluding carboxylic acids is 1. The molecule has 190 valence electrons. The first-order valence-electron chi connectivity index (χ1n) is 11.9. The van der Waals surface area contributed by atoms with Crippen molar-refractivity contribution < 1.29 is 19.0 Å². The van der Waals surface area contributed by atoms with Gasteiger partial charge in [0.15, 0.2) is 5.82 Å². The molecule has 3 heterocycles. The lowest BCUT2D eigenvalue weighted by Gasteiger charge is -2.43. The lowest BCUT2D eigenvalue weighted by Crippen LogP contribution is -2.50. The number of carbonyl (C=O) groups is 1. The monoisotopic (exact) mass is 510 g/mol. The van der Waals surface area contributed by atoms with Crippen LogP contribution in [0.4, 0.5) is 15.8 Å². The number of nitriles is 1. The van der Waals surface area contributed by atoms with Gasteiger partial charge < -0.3 is 20.1 Å². The number of amides is 1. The van der Waals surface area contributed by atoms with Gasteiger partial charge in [0.1, 0.15) is 17.3 Å². The molecular weight excluding hydrogens is 487 g/mol. The summed E-state index contributed by atoms with van der Waals surface area (Å²) >= 11 is 0. The van der Waals surface area contributed by atoms with Gasteiger partial charge in [0.05, 0.1) is 48.3 Å². The third-order valence-corrected chi connectivity index (χ3v) is 6.47. The highest BCUT2D eigenvalue weighted by Gasteiger charge is 2.30. The largest absolute Gasteiger partial charge is 0.496 e. The van der Waals surface area contributed by atoms with Gasteiger partial charge >= 0.3 is 0 Å². The van der Waals surface area contributed by atoms with E-state index in [0.29, 0.717) is 29.0 Å². The third kappa shape index (κ3) is 4.63. The van der Waals surface area contributed by atoms with E-state index >= 15 is 0 Å². The van der Waals surface area contributed by atoms with E-state index in [1.807, 2.05) is 11.0 Å². The summed E-state index contributed by atoms with van der Waals surface area (Å²) in [6.07, 6.45) is 5.37. The molecule has 1 atom stereocenters. The predicted octanol–water partition coefficient (Wildman–Crippen LogP) is 4.05. The molecule has 0 unspecified atom stereocenters. The molecule has 4 aromatic rings. The molecule has 1 saturated heterocycles. The summed E-state index contributed by atoms with van der Waals surface area (Å²) in [6, 6.07) is 14.9. The lowest BCUT2D eigenvalue weighted by atomic mass is 9.97. The molecule has 1 fully saturated rings. The molecule has 0 radical (unpaired) electrons. The van der Waals surface area contributed by atoms with Crippen molar-refractivity contribution in [3.05, 3.63) is 84.2 Å². The van der Waals surface area contributed by atoms with Crippen LogP contribution in [-0.4, -0.2) is 52.3 Å². The van der Waals surface area contributed by atoms with Crippen molar-refractivity contribution in [3.63, 3.8) is 0 Å². The molecule has 10 heteroatoms. The fourth-order valence-electron chi connectivity index (χ4n) is 4.40. The van der Waals surface area contributed by atoms with Gasteiger partial charge in [-0.2, -0.15) is 5.26 Å². The van der Waals surface area contributed by atoms with Crippen molar-refractivity contribution in [2.45, 2.75) is 12.5 Å². The van der Waals surface area contributed by atoms with Crippen LogP contribution in [0, 0.1) is 17.1 Å². The van der Waals surface area contributed by atoms with E-state index in [2.05, 4.69) is 26.3 Å². The maximum atomic E-state index is 14.6. The number of methoxy groups -OCH3 is 1. The number of anilines is 2. The highest BCUT2D eigenvalue weighted by molar-refractivity contribution is 6.05. The molecule has 9 nitrogen and oxygen atoms in total. The summed E-state index contributed by atoms with van der Waals surface area (Å²) in [6.45, 7) is 0.661. The SMILES string of the molecule is COc1cccc(F)c1-c1nccc(C(=O)Nc2ccc(-c3cnccc3C#N)cc2N2CC[C@@H]2CO)n1. The Kier molecular flexibility index (Phi) is 6.93. The number of benzene rings is 2. The van der Waals surface area contributed by atoms with Crippen molar-refractivity contribution in [1.29, 1.82) is 5.26 Å². The number of nitrogens with zero attached hydrogens (tertiary/aromatic N) is 5. The van der Waals surface area contributed by atoms with Crippen LogP contribution in [0.25, 0.3) is 22.5 Å². The first-order valence-corrected chi connectivity index (χ1v) is 11.9. The smallest absolute Gasteiger partial charge is 0.274 e. The van der Waals surface area contributed by atoms with E-state index < -0.39 is 11.7 Å². The molecular formula is C28H23FN6O3. The molecule has 1 aliphatic rings. The number of nitrogens with one attached hydrogen (secondary N) is 1. The molecule has 2 aromatic carbocycles. The Labute approximate surface area is 218 Å². The quantitative estimate of drug-likeness (QED) is 0.382. The van der Waals surface area contributed by atoms with Gasteiger partial charge in [0, 0.05) is 30.7 Å². The van der Waals surface area contributed by atoms with Crippen LogP contribution < -0.4 is 15.0 Å². The van der Waals surface area contributed by atoms with Gasteiger partial charge in [-0.25, -0.2) is 14.4 Å². The van der Waals surface area contributed by atoms with E-state index in [9.17, 15) is 19.6 Å². The molecule has 0 spiro atoms. The van der Waals surface area contributed by atoms with Crippen LogP contribution in [0.15, 0.2) is 67.1 Å². The van der Waals surface area contributed by atoms with Crippen LogP contribution in [-0.2, 0) is 0 Å². The minimum atomic E-state index is -0.570. The normalized spacial score (nSPS) is 14.4. The molecule has 1 aliphatic heterocycles. The number of pyridine rings is 1. The summed E-state index contributed by atoms with van der Waals surface area (Å²) in [5, 5.41) is 22.2. The molecule has 2 N–H and O–H groups in total. The number of ether oxygens (including phenoxy) is 1. The average Bonchev–Trinajstić information content (AvgIpc) is 2.93. The van der Waals surface area contributed by atoms with Crippen LogP contribution in [0.3, 0.4) is 0 Å². The van der Waals surface area contributed by atoms with Crippen LogP contribution in [0.5, 0.6) is 5.75 Å². The number of hydrogen-bond donors (Lipinski definition) is 2. The van der Waals surface area contributed by atoms with E-state index in [-0.39, 0.29) is 35.5 Å². The summed E-state index contributed by atoms with van der Waals surface area (Å²) in [7, 11) is 1.42. The average molecular weight is 511 g/mol. The van der Waals surface area contributed by atoms with Gasteiger partial charge in [-0.05, 0) is 48.4 Å². The molecule has 0 aliphatic carbocycles. The molecule has 38 heavy (non-hydrogen) atoms. The number of aromatic nitrogens is 3. The lowest BCUT2D eigenvalue weighted by molar-refractivity contribution is 0.102. The van der Waals surface area contributed by atoms with Crippen molar-refractivity contribution >= 4 is 17.3 Å². The van der Waals surface area contributed by atoms with E-state index in [1.54, 1.807) is 36.7 Å². The number of halogens is 1. The summed E-state index contributed by atoms with van der Waals surface area (Å²) in [5.41, 5.74) is 3.18. The Balaban J connectivity index is 1.50. The van der Waals surface area contributed by atoms with Crippen molar-refractivity contribution in [1.82, 2.24) is 15.0 Å². The summed E-state index contributed by atoms with van der Waals surface area (Å²) < 4.78 is 19.8. The van der Waals surface area contributed by atoms with Gasteiger partial charge in [-0.15, -0.1) is 0 Å². The fraction of sp³-hybridized carbons (Fsp3) is 0.179. The first-order chi connectivity index (χ1) is 18.5. The third-order valence-electron chi connectivity index (χ3n) is 6.47. The van der Waals surface area contributed by atoms with Crippen LogP contribution in [0.2, 0.25) is 0 Å². The number of aliphatic hydroxyl groups is 1. The standard InChI is InChI=1S/C28H23FN6O3/c1-38-25-4-2-3-21(29)26(25)27-32-11-8-23(33-27)28(37)34-22-6-5-17(20-15-31-10-7-18(20)14-30)13-24(22)35-12-9-19(35)16-36/h2-8,10-11,13,15,19,36H,9,12,16H2,1H3,(H,34,37)/t19-/m1/s1. The Bertz CT molecular complexity index is 1550. The zero-order valence-corrected chi connectivity index (χ0v) is 20.4. The maximum absolute atomic E-state index is 14.6. The molecule has 0 saturated carbocycles. The van der Waals surface area contributed by atoms with Crippen LogP contribution >= 0.6 is 0 Å². The Morgan fingerprint density at radius 1 is 1.26 bits per heavy atom.